The van der Waals surface area contributed by atoms with Crippen LogP contribution in [0.25, 0.3) is 90.4 Å². The number of para-hydroxylation sites is 4. The molecule has 0 N–H and O–H groups in total. The summed E-state index contributed by atoms with van der Waals surface area (Å²) in [5.41, 5.74) is 8.68. The molecule has 56 heavy (non-hydrogen) atoms. The van der Waals surface area contributed by atoms with Crippen LogP contribution in [0, 0.1) is 11.6 Å². The molecule has 0 aliphatic heterocycles. The third kappa shape index (κ3) is 5.97. The van der Waals surface area contributed by atoms with Gasteiger partial charge in [-0.2, -0.15) is 0 Å². The van der Waals surface area contributed by atoms with E-state index >= 15 is 0 Å². The van der Waals surface area contributed by atoms with Gasteiger partial charge in [-0.3, -0.25) is 9.13 Å². The molecular formula is C47H29F2N7. The molecule has 0 bridgehead atoms. The summed E-state index contributed by atoms with van der Waals surface area (Å²) in [5, 5.41) is 0. The maximum Gasteiger partial charge on any atom is 0.164 e. The zero-order chi connectivity index (χ0) is 37.6. The van der Waals surface area contributed by atoms with E-state index in [1.54, 1.807) is 24.3 Å². The monoisotopic (exact) mass is 729 g/mol. The molecule has 7 nitrogen and oxygen atoms in total. The van der Waals surface area contributed by atoms with E-state index < -0.39 is 0 Å². The molecule has 0 saturated carbocycles. The van der Waals surface area contributed by atoms with Crippen LogP contribution < -0.4 is 0 Å². The fourth-order valence-electron chi connectivity index (χ4n) is 7.08. The number of halogens is 2. The number of benzene rings is 7. The smallest absolute Gasteiger partial charge is 0.164 e. The minimum atomic E-state index is -0.334. The van der Waals surface area contributed by atoms with Crippen molar-refractivity contribution in [1.82, 2.24) is 34.1 Å². The van der Waals surface area contributed by atoms with Gasteiger partial charge in [-0.05, 0) is 91.0 Å². The molecule has 0 fully saturated rings. The van der Waals surface area contributed by atoms with Gasteiger partial charge in [0.1, 0.15) is 23.3 Å². The van der Waals surface area contributed by atoms with Crippen molar-refractivity contribution in [3.8, 4) is 68.3 Å². The van der Waals surface area contributed by atoms with Crippen molar-refractivity contribution in [1.29, 1.82) is 0 Å². The van der Waals surface area contributed by atoms with E-state index in [2.05, 4.69) is 15.2 Å². The fourth-order valence-corrected chi connectivity index (χ4v) is 7.08. The normalized spacial score (nSPS) is 11.4. The van der Waals surface area contributed by atoms with E-state index in [1.807, 2.05) is 121 Å². The predicted octanol–water partition coefficient (Wildman–Crippen LogP) is 11.2. The Morgan fingerprint density at radius 2 is 0.696 bits per heavy atom. The van der Waals surface area contributed by atoms with Crippen LogP contribution >= 0.6 is 0 Å². The van der Waals surface area contributed by atoms with E-state index in [0.717, 1.165) is 55.7 Å². The molecule has 10 aromatic rings. The van der Waals surface area contributed by atoms with Crippen LogP contribution in [-0.4, -0.2) is 34.1 Å². The van der Waals surface area contributed by atoms with Gasteiger partial charge < -0.3 is 0 Å². The van der Waals surface area contributed by atoms with Gasteiger partial charge in [0.05, 0.1) is 33.4 Å². The lowest BCUT2D eigenvalue weighted by atomic mass is 10.1. The molecule has 3 heterocycles. The van der Waals surface area contributed by atoms with Gasteiger partial charge >= 0.3 is 0 Å². The molecule has 0 atom stereocenters. The van der Waals surface area contributed by atoms with Crippen LogP contribution in [0.5, 0.6) is 0 Å². The Morgan fingerprint density at radius 3 is 1.12 bits per heavy atom. The first-order valence-electron chi connectivity index (χ1n) is 18.1. The Labute approximate surface area is 319 Å². The third-order valence-corrected chi connectivity index (χ3v) is 9.70. The summed E-state index contributed by atoms with van der Waals surface area (Å²) >= 11 is 0. The lowest BCUT2D eigenvalue weighted by Gasteiger charge is -2.17. The molecule has 3 aromatic heterocycles. The molecule has 10 rings (SSSR count). The highest BCUT2D eigenvalue weighted by molar-refractivity contribution is 5.86. The second-order valence-corrected chi connectivity index (χ2v) is 13.3. The number of nitrogens with zero attached hydrogens (tertiary/aromatic N) is 7. The van der Waals surface area contributed by atoms with E-state index in [-0.39, 0.29) is 11.6 Å². The van der Waals surface area contributed by atoms with Gasteiger partial charge in [0.25, 0.3) is 0 Å². The SMILES string of the molecule is Fc1ccc(-c2nc3ccccc3n2-c2cc(-c3nc(-c4ccccc4)nc(-c4ccccc4)n3)cc(-n3c(-c4ccc(F)cc4)nc4ccccc43)c2)cc1. The van der Waals surface area contributed by atoms with Crippen LogP contribution in [0.2, 0.25) is 0 Å². The second-order valence-electron chi connectivity index (χ2n) is 13.3. The van der Waals surface area contributed by atoms with Crippen LogP contribution in [-0.2, 0) is 0 Å². The largest absolute Gasteiger partial charge is 0.292 e. The topological polar surface area (TPSA) is 74.3 Å². The first-order valence-corrected chi connectivity index (χ1v) is 18.1. The van der Waals surface area contributed by atoms with E-state index in [4.69, 9.17) is 24.9 Å². The second kappa shape index (κ2) is 13.6. The highest BCUT2D eigenvalue weighted by Crippen LogP contribution is 2.36. The molecule has 0 saturated heterocycles. The summed E-state index contributed by atoms with van der Waals surface area (Å²) < 4.78 is 32.6. The molecule has 0 radical (unpaired) electrons. The van der Waals surface area contributed by atoms with Crippen molar-refractivity contribution in [3.05, 3.63) is 188 Å². The number of hydrogen-bond donors (Lipinski definition) is 0. The van der Waals surface area contributed by atoms with Gasteiger partial charge in [0.2, 0.25) is 0 Å². The molecule has 0 unspecified atom stereocenters. The van der Waals surface area contributed by atoms with Crippen LogP contribution in [0.1, 0.15) is 0 Å². The predicted molar refractivity (Wildman–Crippen MR) is 216 cm³/mol. The Morgan fingerprint density at radius 1 is 0.321 bits per heavy atom. The Bertz CT molecular complexity index is 2830. The summed E-state index contributed by atoms with van der Waals surface area (Å²) in [6.45, 7) is 0. The van der Waals surface area contributed by atoms with Gasteiger partial charge in [0.15, 0.2) is 17.5 Å². The zero-order valence-electron chi connectivity index (χ0n) is 29.6. The Balaban J connectivity index is 1.29. The van der Waals surface area contributed by atoms with Crippen molar-refractivity contribution in [2.24, 2.45) is 0 Å². The lowest BCUT2D eigenvalue weighted by molar-refractivity contribution is 0.627. The number of aromatic nitrogens is 7. The number of imidazole rings is 2. The summed E-state index contributed by atoms with van der Waals surface area (Å²) in [5.74, 6) is 2.12. The van der Waals surface area contributed by atoms with Gasteiger partial charge in [0, 0.05) is 27.8 Å². The molecule has 0 aliphatic rings. The molecule has 266 valence electrons. The fraction of sp³-hybridized carbons (Fsp3) is 0. The van der Waals surface area contributed by atoms with Crippen LogP contribution in [0.4, 0.5) is 8.78 Å². The summed E-state index contributed by atoms with van der Waals surface area (Å²) in [6.07, 6.45) is 0. The molecule has 0 spiro atoms. The average molecular weight is 730 g/mol. The zero-order valence-corrected chi connectivity index (χ0v) is 29.6. The standard InChI is InChI=1S/C47H29F2N7/c48-35-23-19-32(20-24-35)46-50-39-15-7-9-17-41(39)55(46)37-27-34(45-53-43(30-11-3-1-4-12-30)52-44(54-45)31-13-5-2-6-14-31)28-38(29-37)56-42-18-10-8-16-40(42)51-47(56)33-21-25-36(49)26-22-33/h1-29H. The summed E-state index contributed by atoms with van der Waals surface area (Å²) in [7, 11) is 0. The number of rotatable bonds is 7. The van der Waals surface area contributed by atoms with Crippen molar-refractivity contribution in [2.45, 2.75) is 0 Å². The van der Waals surface area contributed by atoms with Gasteiger partial charge in [-0.15, -0.1) is 0 Å². The maximum atomic E-state index is 14.2. The molecule has 0 amide bonds. The Kier molecular flexibility index (Phi) is 8.03. The van der Waals surface area contributed by atoms with Crippen molar-refractivity contribution in [3.63, 3.8) is 0 Å². The van der Waals surface area contributed by atoms with Gasteiger partial charge in [-0.25, -0.2) is 33.7 Å². The summed E-state index contributed by atoms with van der Waals surface area (Å²) in [4.78, 5) is 25.2. The first kappa shape index (κ1) is 33.0. The third-order valence-electron chi connectivity index (χ3n) is 9.70. The highest BCUT2D eigenvalue weighted by Gasteiger charge is 2.21. The van der Waals surface area contributed by atoms with Crippen molar-refractivity contribution in [2.75, 3.05) is 0 Å². The minimum Gasteiger partial charge on any atom is -0.292 e. The van der Waals surface area contributed by atoms with E-state index in [9.17, 15) is 8.78 Å². The van der Waals surface area contributed by atoms with Crippen molar-refractivity contribution >= 4 is 22.1 Å². The Hall–Kier alpha value is -7.65. The van der Waals surface area contributed by atoms with Gasteiger partial charge in [-0.1, -0.05) is 84.9 Å². The lowest BCUT2D eigenvalue weighted by Crippen LogP contribution is -2.05. The molecule has 9 heteroatoms. The van der Waals surface area contributed by atoms with E-state index in [1.165, 1.54) is 24.3 Å². The average Bonchev–Trinajstić information content (AvgIpc) is 3.84. The minimum absolute atomic E-state index is 0.334. The van der Waals surface area contributed by atoms with Crippen LogP contribution in [0.15, 0.2) is 176 Å². The molecule has 0 aliphatic carbocycles. The molecule has 7 aromatic carbocycles. The quantitative estimate of drug-likeness (QED) is 0.163. The number of fused-ring (bicyclic) bond motifs is 2. The van der Waals surface area contributed by atoms with Crippen molar-refractivity contribution < 1.29 is 8.78 Å². The first-order chi connectivity index (χ1) is 27.6. The number of hydrogen-bond acceptors (Lipinski definition) is 5. The van der Waals surface area contributed by atoms with E-state index in [0.29, 0.717) is 34.7 Å². The highest BCUT2D eigenvalue weighted by atomic mass is 19.1. The van der Waals surface area contributed by atoms with Crippen LogP contribution in [0.3, 0.4) is 0 Å². The molecular weight excluding hydrogens is 701 g/mol. The maximum absolute atomic E-state index is 14.2. The summed E-state index contributed by atoms with van der Waals surface area (Å²) in [6, 6.07) is 54.3.